The topological polar surface area (TPSA) is 35.8 Å². The Balaban J connectivity index is 1.58. The second-order valence-corrected chi connectivity index (χ2v) is 10.1. The van der Waals surface area contributed by atoms with Crippen LogP contribution in [0.25, 0.3) is 0 Å². The Labute approximate surface area is 148 Å². The number of fused-ring (bicyclic) bond motifs is 5. The highest BCUT2D eigenvalue weighted by molar-refractivity contribution is 5.11. The van der Waals surface area contributed by atoms with Gasteiger partial charge in [-0.2, -0.15) is 5.26 Å². The van der Waals surface area contributed by atoms with Gasteiger partial charge in [0, 0.05) is 12.5 Å². The molecular formula is C22H36N2. The molecule has 2 heteroatoms. The van der Waals surface area contributed by atoms with Crippen LogP contribution in [0.1, 0.15) is 78.6 Å². The van der Waals surface area contributed by atoms with E-state index in [4.69, 9.17) is 0 Å². The average molecular weight is 329 g/mol. The molecule has 0 bridgehead atoms. The van der Waals surface area contributed by atoms with Crippen LogP contribution in [0.4, 0.5) is 0 Å². The van der Waals surface area contributed by atoms with Gasteiger partial charge < -0.3 is 5.32 Å². The van der Waals surface area contributed by atoms with Gasteiger partial charge in [0.1, 0.15) is 0 Å². The van der Waals surface area contributed by atoms with E-state index in [1.165, 1.54) is 57.9 Å². The zero-order valence-corrected chi connectivity index (χ0v) is 16.0. The Morgan fingerprint density at radius 3 is 2.62 bits per heavy atom. The van der Waals surface area contributed by atoms with E-state index in [0.29, 0.717) is 16.7 Å². The summed E-state index contributed by atoms with van der Waals surface area (Å²) in [5, 5.41) is 13.0. The molecule has 0 radical (unpaired) electrons. The molecule has 0 aromatic carbocycles. The Morgan fingerprint density at radius 1 is 1.04 bits per heavy atom. The lowest BCUT2D eigenvalue weighted by Gasteiger charge is -2.60. The molecule has 0 amide bonds. The number of nitrogens with one attached hydrogen (secondary N) is 1. The highest BCUT2D eigenvalue weighted by atomic mass is 15.0. The van der Waals surface area contributed by atoms with E-state index in [9.17, 15) is 5.26 Å². The van der Waals surface area contributed by atoms with Gasteiger partial charge >= 0.3 is 0 Å². The fourth-order valence-electron chi connectivity index (χ4n) is 8.16. The lowest BCUT2D eigenvalue weighted by molar-refractivity contribution is -0.0979. The number of nitrogens with zero attached hydrogens (tertiary/aromatic N) is 1. The number of rotatable bonds is 2. The summed E-state index contributed by atoms with van der Waals surface area (Å²) in [6.07, 6.45) is 12.1. The minimum atomic E-state index is 0.517. The van der Waals surface area contributed by atoms with Crippen molar-refractivity contribution in [3.63, 3.8) is 0 Å². The third-order valence-corrected chi connectivity index (χ3v) is 9.33. The molecule has 4 rings (SSSR count). The van der Waals surface area contributed by atoms with Crippen molar-refractivity contribution in [2.45, 2.75) is 84.6 Å². The second kappa shape index (κ2) is 6.01. The van der Waals surface area contributed by atoms with E-state index in [-0.39, 0.29) is 0 Å². The molecule has 0 spiro atoms. The Kier molecular flexibility index (Phi) is 4.23. The van der Waals surface area contributed by atoms with Crippen molar-refractivity contribution in [3.8, 4) is 6.07 Å². The summed E-state index contributed by atoms with van der Waals surface area (Å²) in [5.74, 6) is 4.22. The molecule has 134 valence electrons. The van der Waals surface area contributed by atoms with Crippen molar-refractivity contribution in [1.82, 2.24) is 5.32 Å². The molecule has 4 fully saturated rings. The maximum atomic E-state index is 9.17. The smallest absolute Gasteiger partial charge is 0.0624 e. The number of nitriles is 1. The van der Waals surface area contributed by atoms with Crippen LogP contribution in [0.3, 0.4) is 0 Å². The third-order valence-electron chi connectivity index (χ3n) is 9.33. The highest BCUT2D eigenvalue weighted by Crippen LogP contribution is 2.66. The number of hydrogen-bond acceptors (Lipinski definition) is 2. The first-order valence-electron chi connectivity index (χ1n) is 10.6. The van der Waals surface area contributed by atoms with Crippen LogP contribution in [0.15, 0.2) is 0 Å². The molecule has 24 heavy (non-hydrogen) atoms. The molecule has 2 nitrogen and oxygen atoms in total. The van der Waals surface area contributed by atoms with Crippen molar-refractivity contribution in [3.05, 3.63) is 0 Å². The van der Waals surface area contributed by atoms with Gasteiger partial charge in [0.25, 0.3) is 0 Å². The molecule has 8 atom stereocenters. The van der Waals surface area contributed by atoms with E-state index in [0.717, 1.165) is 36.1 Å². The van der Waals surface area contributed by atoms with Crippen molar-refractivity contribution in [1.29, 1.82) is 5.26 Å². The summed E-state index contributed by atoms with van der Waals surface area (Å²) in [6, 6.07) is 3.23. The van der Waals surface area contributed by atoms with Crippen LogP contribution < -0.4 is 5.32 Å². The minimum Gasteiger partial charge on any atom is -0.313 e. The maximum Gasteiger partial charge on any atom is 0.0624 e. The van der Waals surface area contributed by atoms with Gasteiger partial charge in [-0.3, -0.25) is 0 Å². The van der Waals surface area contributed by atoms with E-state index in [1.807, 2.05) is 0 Å². The molecule has 1 heterocycles. The van der Waals surface area contributed by atoms with E-state index >= 15 is 0 Å². The molecular weight excluding hydrogens is 292 g/mol. The van der Waals surface area contributed by atoms with Crippen molar-refractivity contribution < 1.29 is 0 Å². The van der Waals surface area contributed by atoms with Gasteiger partial charge in [-0.15, -0.1) is 0 Å². The molecule has 0 aromatic rings. The first kappa shape index (κ1) is 16.9. The lowest BCUT2D eigenvalue weighted by Crippen LogP contribution is -2.59. The first-order valence-corrected chi connectivity index (χ1v) is 10.6. The van der Waals surface area contributed by atoms with Crippen molar-refractivity contribution in [2.24, 2.45) is 40.4 Å². The van der Waals surface area contributed by atoms with Gasteiger partial charge in [-0.25, -0.2) is 0 Å². The van der Waals surface area contributed by atoms with E-state index < -0.39 is 0 Å². The molecule has 1 saturated heterocycles. The van der Waals surface area contributed by atoms with Crippen LogP contribution in [0, 0.1) is 51.8 Å². The van der Waals surface area contributed by atoms with Gasteiger partial charge in [0.15, 0.2) is 0 Å². The van der Waals surface area contributed by atoms with Crippen molar-refractivity contribution >= 4 is 0 Å². The summed E-state index contributed by atoms with van der Waals surface area (Å²) >= 11 is 0. The normalized spacial score (nSPS) is 51.8. The van der Waals surface area contributed by atoms with Crippen LogP contribution >= 0.6 is 0 Å². The second-order valence-electron chi connectivity index (χ2n) is 10.1. The molecule has 1 aliphatic heterocycles. The van der Waals surface area contributed by atoms with Crippen LogP contribution in [-0.4, -0.2) is 12.6 Å². The van der Waals surface area contributed by atoms with Gasteiger partial charge in [0.05, 0.1) is 6.07 Å². The van der Waals surface area contributed by atoms with Crippen LogP contribution in [0.5, 0.6) is 0 Å². The zero-order chi connectivity index (χ0) is 16.9. The highest BCUT2D eigenvalue weighted by Gasteiger charge is 2.60. The Morgan fingerprint density at radius 2 is 1.83 bits per heavy atom. The SMILES string of the molecule is C[C@H](CC#N)[C@H]1CC[C@H]2[C@@H]3CC[C@H]4NCCC[C@]4(C)[C@H]3CC[C@]12C. The molecule has 0 unspecified atom stereocenters. The van der Waals surface area contributed by atoms with Crippen LogP contribution in [-0.2, 0) is 0 Å². The summed E-state index contributed by atoms with van der Waals surface area (Å²) in [5.41, 5.74) is 1.07. The van der Waals surface area contributed by atoms with Gasteiger partial charge in [0.2, 0.25) is 0 Å². The number of hydrogen-bond donors (Lipinski definition) is 1. The predicted octanol–water partition coefficient (Wildman–Crippen LogP) is 5.15. The quantitative estimate of drug-likeness (QED) is 0.761. The molecule has 3 saturated carbocycles. The molecule has 1 N–H and O–H groups in total. The van der Waals surface area contributed by atoms with E-state index in [2.05, 4.69) is 32.2 Å². The standard InChI is InChI=1S/C22H36N2/c1-15(10-13-23)17-6-7-18-16-5-8-20-22(3,11-4-14-24-20)19(16)9-12-21(17,18)2/h15-20,24H,4-12,14H2,1-3H3/t15-,16+,17-,18+,19+,20-,21-,22-/m1/s1. The predicted molar refractivity (Wildman–Crippen MR) is 98.3 cm³/mol. The minimum absolute atomic E-state index is 0.517. The molecule has 3 aliphatic carbocycles. The fraction of sp³-hybridized carbons (Fsp3) is 0.955. The van der Waals surface area contributed by atoms with E-state index in [1.54, 1.807) is 0 Å². The van der Waals surface area contributed by atoms with Crippen LogP contribution in [0.2, 0.25) is 0 Å². The van der Waals surface area contributed by atoms with Gasteiger partial charge in [-0.1, -0.05) is 20.8 Å². The fourth-order valence-corrected chi connectivity index (χ4v) is 8.16. The average Bonchev–Trinajstić information content (AvgIpc) is 2.92. The zero-order valence-electron chi connectivity index (χ0n) is 16.0. The molecule has 4 aliphatic rings. The molecule has 0 aromatic heterocycles. The first-order chi connectivity index (χ1) is 11.5. The summed E-state index contributed by atoms with van der Waals surface area (Å²) in [7, 11) is 0. The monoisotopic (exact) mass is 328 g/mol. The largest absolute Gasteiger partial charge is 0.313 e. The summed E-state index contributed by atoms with van der Waals surface area (Å²) in [4.78, 5) is 0. The van der Waals surface area contributed by atoms with Gasteiger partial charge in [-0.05, 0) is 98.3 Å². The maximum absolute atomic E-state index is 9.17. The Bertz CT molecular complexity index is 523. The lowest BCUT2D eigenvalue weighted by atomic mass is 9.46. The van der Waals surface area contributed by atoms with Crippen molar-refractivity contribution in [2.75, 3.05) is 6.54 Å². The number of piperidine rings is 1. The summed E-state index contributed by atoms with van der Waals surface area (Å²) < 4.78 is 0. The summed E-state index contributed by atoms with van der Waals surface area (Å²) in [6.45, 7) is 8.81. The third kappa shape index (κ3) is 2.30. The Hall–Kier alpha value is -0.550.